The summed E-state index contributed by atoms with van der Waals surface area (Å²) in [6, 6.07) is 5.73. The van der Waals surface area contributed by atoms with E-state index in [1.54, 1.807) is 20.0 Å². The molecule has 0 aliphatic rings. The molecule has 134 valence electrons. The van der Waals surface area contributed by atoms with Crippen LogP contribution in [0.25, 0.3) is 0 Å². The van der Waals surface area contributed by atoms with Crippen molar-refractivity contribution in [2.24, 2.45) is 0 Å². The number of rotatable bonds is 7. The van der Waals surface area contributed by atoms with Crippen molar-refractivity contribution in [3.05, 3.63) is 29.3 Å². The minimum absolute atomic E-state index is 0.341. The standard InChI is InChI=1S/C18H28N2O3S/c1-12(2)24-11-15-7-6-8-16(14(15)4)19-17(22)18(23)20(5)10-9-13(3)21/h6-8,12-13,21H,9-11H2,1-5H3,(H,19,22)/t13-/m1/s1. The van der Waals surface area contributed by atoms with Gasteiger partial charge in [0, 0.05) is 25.0 Å². The molecule has 0 aromatic heterocycles. The fraction of sp³-hybridized carbons (Fsp3) is 0.556. The molecule has 6 heteroatoms. The van der Waals surface area contributed by atoms with Crippen LogP contribution >= 0.6 is 11.8 Å². The highest BCUT2D eigenvalue weighted by Crippen LogP contribution is 2.24. The van der Waals surface area contributed by atoms with Crippen LogP contribution in [0, 0.1) is 6.92 Å². The molecule has 5 nitrogen and oxygen atoms in total. The molecule has 1 rings (SSSR count). The number of nitrogens with one attached hydrogen (secondary N) is 1. The normalized spacial score (nSPS) is 12.1. The minimum Gasteiger partial charge on any atom is -0.393 e. The molecule has 0 spiro atoms. The van der Waals surface area contributed by atoms with Gasteiger partial charge in [0.05, 0.1) is 6.10 Å². The number of amides is 2. The zero-order chi connectivity index (χ0) is 18.3. The average molecular weight is 353 g/mol. The van der Waals surface area contributed by atoms with Crippen molar-refractivity contribution in [2.45, 2.75) is 51.2 Å². The topological polar surface area (TPSA) is 69.6 Å². The van der Waals surface area contributed by atoms with Crippen molar-refractivity contribution in [3.8, 4) is 0 Å². The molecule has 0 fully saturated rings. The summed E-state index contributed by atoms with van der Waals surface area (Å²) in [6.07, 6.45) is -0.0584. The van der Waals surface area contributed by atoms with Gasteiger partial charge in [-0.3, -0.25) is 9.59 Å². The predicted octanol–water partition coefficient (Wildman–Crippen LogP) is 2.80. The van der Waals surface area contributed by atoms with E-state index in [1.807, 2.05) is 30.8 Å². The van der Waals surface area contributed by atoms with Gasteiger partial charge in [-0.25, -0.2) is 0 Å². The lowest BCUT2D eigenvalue weighted by Gasteiger charge is -2.18. The molecule has 1 aromatic rings. The Balaban J connectivity index is 2.72. The molecule has 1 aromatic carbocycles. The molecule has 0 unspecified atom stereocenters. The molecule has 2 N–H and O–H groups in total. The molecule has 0 heterocycles. The third kappa shape index (κ3) is 6.53. The monoisotopic (exact) mass is 352 g/mol. The number of anilines is 1. The van der Waals surface area contributed by atoms with Crippen LogP contribution in [0.5, 0.6) is 0 Å². The molecule has 1 atom stereocenters. The van der Waals surface area contributed by atoms with E-state index in [0.717, 1.165) is 16.9 Å². The highest BCUT2D eigenvalue weighted by molar-refractivity contribution is 7.99. The van der Waals surface area contributed by atoms with Crippen LogP contribution in [0.3, 0.4) is 0 Å². The number of hydrogen-bond donors (Lipinski definition) is 2. The maximum Gasteiger partial charge on any atom is 0.313 e. The molecule has 0 saturated carbocycles. The van der Waals surface area contributed by atoms with Gasteiger partial charge in [0.1, 0.15) is 0 Å². The molecule has 0 bridgehead atoms. The summed E-state index contributed by atoms with van der Waals surface area (Å²) < 4.78 is 0. The van der Waals surface area contributed by atoms with Crippen LogP contribution in [0.1, 0.15) is 38.3 Å². The Hall–Kier alpha value is -1.53. The molecule has 2 amide bonds. The summed E-state index contributed by atoms with van der Waals surface area (Å²) >= 11 is 1.84. The van der Waals surface area contributed by atoms with Gasteiger partial charge < -0.3 is 15.3 Å². The van der Waals surface area contributed by atoms with E-state index in [0.29, 0.717) is 23.9 Å². The first-order valence-electron chi connectivity index (χ1n) is 8.17. The second kappa shape index (κ2) is 9.69. The van der Waals surface area contributed by atoms with Gasteiger partial charge >= 0.3 is 11.8 Å². The van der Waals surface area contributed by atoms with E-state index in [1.165, 1.54) is 4.90 Å². The molecule has 0 saturated heterocycles. The van der Waals surface area contributed by atoms with E-state index in [2.05, 4.69) is 19.2 Å². The second-order valence-electron chi connectivity index (χ2n) is 6.27. The lowest BCUT2D eigenvalue weighted by atomic mass is 10.1. The highest BCUT2D eigenvalue weighted by Gasteiger charge is 2.20. The minimum atomic E-state index is -0.653. The quantitative estimate of drug-likeness (QED) is 0.741. The van der Waals surface area contributed by atoms with E-state index in [9.17, 15) is 14.7 Å². The zero-order valence-corrected chi connectivity index (χ0v) is 15.9. The van der Waals surface area contributed by atoms with E-state index in [4.69, 9.17) is 0 Å². The Morgan fingerprint density at radius 1 is 1.29 bits per heavy atom. The summed E-state index contributed by atoms with van der Waals surface area (Å²) in [5, 5.41) is 12.5. The highest BCUT2D eigenvalue weighted by atomic mass is 32.2. The van der Waals surface area contributed by atoms with Crippen LogP contribution in [-0.4, -0.2) is 46.8 Å². The predicted molar refractivity (Wildman–Crippen MR) is 100 cm³/mol. The first kappa shape index (κ1) is 20.5. The second-order valence-corrected chi connectivity index (χ2v) is 7.83. The number of carbonyl (C=O) groups is 2. The van der Waals surface area contributed by atoms with E-state index >= 15 is 0 Å². The summed E-state index contributed by atoms with van der Waals surface area (Å²) in [7, 11) is 1.56. The third-order valence-electron chi connectivity index (χ3n) is 3.69. The van der Waals surface area contributed by atoms with Crippen LogP contribution in [0.15, 0.2) is 18.2 Å². The Bertz CT molecular complexity index is 573. The van der Waals surface area contributed by atoms with Crippen molar-refractivity contribution in [3.63, 3.8) is 0 Å². The first-order chi connectivity index (χ1) is 11.2. The SMILES string of the molecule is Cc1c(CSC(C)C)cccc1NC(=O)C(=O)N(C)CC[C@@H](C)O. The molecule has 24 heavy (non-hydrogen) atoms. The number of carbonyl (C=O) groups excluding carboxylic acids is 2. The van der Waals surface area contributed by atoms with Crippen LogP contribution in [0.4, 0.5) is 5.69 Å². The maximum atomic E-state index is 12.2. The van der Waals surface area contributed by atoms with Crippen molar-refractivity contribution >= 4 is 29.3 Å². The van der Waals surface area contributed by atoms with Gasteiger partial charge in [-0.15, -0.1) is 0 Å². The maximum absolute atomic E-state index is 12.2. The molecular weight excluding hydrogens is 324 g/mol. The van der Waals surface area contributed by atoms with Crippen LogP contribution in [-0.2, 0) is 15.3 Å². The third-order valence-corrected chi connectivity index (χ3v) is 4.83. The zero-order valence-electron chi connectivity index (χ0n) is 15.1. The van der Waals surface area contributed by atoms with Gasteiger partial charge in [-0.05, 0) is 42.7 Å². The Kier molecular flexibility index (Phi) is 8.28. The van der Waals surface area contributed by atoms with Crippen molar-refractivity contribution in [1.82, 2.24) is 4.90 Å². The largest absolute Gasteiger partial charge is 0.393 e. The van der Waals surface area contributed by atoms with Crippen molar-refractivity contribution in [2.75, 3.05) is 18.9 Å². The summed E-state index contributed by atoms with van der Waals surface area (Å²) in [5.41, 5.74) is 2.80. The fourth-order valence-electron chi connectivity index (χ4n) is 2.06. The summed E-state index contributed by atoms with van der Waals surface area (Å²) in [4.78, 5) is 25.6. The Morgan fingerprint density at radius 3 is 2.54 bits per heavy atom. The lowest BCUT2D eigenvalue weighted by molar-refractivity contribution is -0.142. The Labute approximate surface area is 148 Å². The number of thioether (sulfide) groups is 1. The van der Waals surface area contributed by atoms with E-state index in [-0.39, 0.29) is 0 Å². The Morgan fingerprint density at radius 2 is 1.96 bits per heavy atom. The van der Waals surface area contributed by atoms with Gasteiger partial charge in [0.2, 0.25) is 0 Å². The fourth-order valence-corrected chi connectivity index (χ4v) is 2.89. The van der Waals surface area contributed by atoms with Gasteiger partial charge in [-0.2, -0.15) is 11.8 Å². The summed E-state index contributed by atoms with van der Waals surface area (Å²) in [5.74, 6) is -0.382. The van der Waals surface area contributed by atoms with Crippen LogP contribution < -0.4 is 5.32 Å². The van der Waals surface area contributed by atoms with E-state index < -0.39 is 17.9 Å². The smallest absolute Gasteiger partial charge is 0.313 e. The van der Waals surface area contributed by atoms with Gasteiger partial charge in [0.25, 0.3) is 0 Å². The molecule has 0 radical (unpaired) electrons. The average Bonchev–Trinajstić information content (AvgIpc) is 2.52. The van der Waals surface area contributed by atoms with Crippen LogP contribution in [0.2, 0.25) is 0 Å². The number of hydrogen-bond acceptors (Lipinski definition) is 4. The number of benzene rings is 1. The molecular formula is C18H28N2O3S. The number of likely N-dealkylation sites (N-methyl/N-ethyl adjacent to an activating group) is 1. The first-order valence-corrected chi connectivity index (χ1v) is 9.21. The van der Waals surface area contributed by atoms with Gasteiger partial charge in [-0.1, -0.05) is 26.0 Å². The lowest BCUT2D eigenvalue weighted by Crippen LogP contribution is -2.38. The molecule has 0 aliphatic heterocycles. The molecule has 0 aliphatic carbocycles. The number of aliphatic hydroxyl groups is 1. The van der Waals surface area contributed by atoms with Crippen molar-refractivity contribution in [1.29, 1.82) is 0 Å². The van der Waals surface area contributed by atoms with Gasteiger partial charge in [0.15, 0.2) is 0 Å². The number of nitrogens with zero attached hydrogens (tertiary/aromatic N) is 1. The number of aliphatic hydroxyl groups excluding tert-OH is 1. The summed E-state index contributed by atoms with van der Waals surface area (Å²) in [6.45, 7) is 8.24. The van der Waals surface area contributed by atoms with Crippen molar-refractivity contribution < 1.29 is 14.7 Å².